The molecular formula is C35H48O8. The maximum Gasteiger partial charge on any atom is 0.119 e. The summed E-state index contributed by atoms with van der Waals surface area (Å²) in [7, 11) is 0. The van der Waals surface area contributed by atoms with Crippen molar-refractivity contribution in [1.29, 1.82) is 0 Å². The van der Waals surface area contributed by atoms with Crippen molar-refractivity contribution in [1.82, 2.24) is 0 Å². The largest absolute Gasteiger partial charge is 0.491 e. The molecule has 0 amide bonds. The smallest absolute Gasteiger partial charge is 0.119 e. The van der Waals surface area contributed by atoms with Gasteiger partial charge in [0.25, 0.3) is 0 Å². The number of hydrogen-bond acceptors (Lipinski definition) is 8. The van der Waals surface area contributed by atoms with Gasteiger partial charge in [-0.3, -0.25) is 0 Å². The Balaban J connectivity index is 1.26. The van der Waals surface area contributed by atoms with E-state index in [0.717, 1.165) is 44.2 Å². The lowest BCUT2D eigenvalue weighted by Crippen LogP contribution is -2.29. The highest BCUT2D eigenvalue weighted by molar-refractivity contribution is 5.41. The third kappa shape index (κ3) is 12.1. The molecule has 0 aromatic heterocycles. The van der Waals surface area contributed by atoms with Crippen molar-refractivity contribution in [2.45, 2.75) is 70.4 Å². The van der Waals surface area contributed by atoms with Gasteiger partial charge in [-0.15, -0.1) is 5.92 Å². The van der Waals surface area contributed by atoms with Gasteiger partial charge in [0.2, 0.25) is 0 Å². The molecule has 0 radical (unpaired) electrons. The van der Waals surface area contributed by atoms with Gasteiger partial charge in [-0.2, -0.15) is 0 Å². The lowest BCUT2D eigenvalue weighted by atomic mass is 9.78. The van der Waals surface area contributed by atoms with Crippen molar-refractivity contribution in [2.24, 2.45) is 0 Å². The van der Waals surface area contributed by atoms with Gasteiger partial charge in [0.05, 0.1) is 39.6 Å². The number of ether oxygens (including phenoxy) is 8. The highest BCUT2D eigenvalue weighted by Gasteiger charge is 2.26. The predicted octanol–water partition coefficient (Wildman–Crippen LogP) is 5.19. The molecule has 2 aromatic carbocycles. The molecule has 43 heavy (non-hydrogen) atoms. The second-order valence-corrected chi connectivity index (χ2v) is 11.5. The van der Waals surface area contributed by atoms with Crippen LogP contribution in [0.25, 0.3) is 0 Å². The first kappa shape index (κ1) is 33.3. The average Bonchev–Trinajstić information content (AvgIpc) is 3.96. The van der Waals surface area contributed by atoms with Crippen LogP contribution < -0.4 is 9.47 Å². The average molecular weight is 597 g/mol. The van der Waals surface area contributed by atoms with Crippen LogP contribution in [-0.4, -0.2) is 90.5 Å². The minimum atomic E-state index is -0.204. The monoisotopic (exact) mass is 596 g/mol. The molecule has 2 aliphatic rings. The Hall–Kier alpha value is -2.64. The maximum atomic E-state index is 6.09. The minimum absolute atomic E-state index is 0.130. The van der Waals surface area contributed by atoms with Crippen LogP contribution in [0.3, 0.4) is 0 Å². The van der Waals surface area contributed by atoms with Crippen molar-refractivity contribution >= 4 is 0 Å². The molecule has 2 heterocycles. The normalized spacial score (nSPS) is 18.8. The molecule has 0 bridgehead atoms. The van der Waals surface area contributed by atoms with E-state index in [1.807, 2.05) is 24.3 Å². The maximum absolute atomic E-state index is 6.09. The SMILES string of the molecule is CC#CCOCC(COc1ccc(C(C)(C)c2ccc(OCC(COCCCC)OCC3CO3)cc2)cc1)OCC1CO1. The van der Waals surface area contributed by atoms with Gasteiger partial charge in [0.1, 0.15) is 55.7 Å². The first-order chi connectivity index (χ1) is 21.0. The molecule has 2 aromatic rings. The van der Waals surface area contributed by atoms with Crippen LogP contribution in [0.4, 0.5) is 0 Å². The second kappa shape index (κ2) is 17.6. The summed E-state index contributed by atoms with van der Waals surface area (Å²) < 4.78 is 46.0. The van der Waals surface area contributed by atoms with Crippen molar-refractivity contribution in [2.75, 3.05) is 66.1 Å². The van der Waals surface area contributed by atoms with Crippen LogP contribution in [0.15, 0.2) is 48.5 Å². The van der Waals surface area contributed by atoms with Crippen molar-refractivity contribution < 1.29 is 37.9 Å². The van der Waals surface area contributed by atoms with Crippen LogP contribution in [0.5, 0.6) is 11.5 Å². The number of rotatable bonds is 22. The fourth-order valence-electron chi connectivity index (χ4n) is 4.36. The Bertz CT molecular complexity index is 1110. The highest BCUT2D eigenvalue weighted by atomic mass is 16.6. The zero-order valence-electron chi connectivity index (χ0n) is 26.2. The molecule has 0 N–H and O–H groups in total. The first-order valence-corrected chi connectivity index (χ1v) is 15.5. The number of benzene rings is 2. The zero-order valence-corrected chi connectivity index (χ0v) is 26.2. The van der Waals surface area contributed by atoms with Gasteiger partial charge in [-0.25, -0.2) is 0 Å². The summed E-state index contributed by atoms with van der Waals surface area (Å²) >= 11 is 0. The van der Waals surface area contributed by atoms with Crippen molar-refractivity contribution in [3.63, 3.8) is 0 Å². The molecular weight excluding hydrogens is 548 g/mol. The Morgan fingerprint density at radius 1 is 0.767 bits per heavy atom. The molecule has 0 spiro atoms. The highest BCUT2D eigenvalue weighted by Crippen LogP contribution is 2.33. The number of unbranched alkanes of at least 4 members (excludes halogenated alkanes) is 1. The van der Waals surface area contributed by atoms with Crippen LogP contribution in [0.2, 0.25) is 0 Å². The van der Waals surface area contributed by atoms with Crippen molar-refractivity contribution in [3.8, 4) is 23.3 Å². The van der Waals surface area contributed by atoms with Gasteiger partial charge in [0.15, 0.2) is 0 Å². The van der Waals surface area contributed by atoms with Crippen LogP contribution in [-0.2, 0) is 33.8 Å². The summed E-state index contributed by atoms with van der Waals surface area (Å²) in [6.45, 7) is 13.9. The molecule has 4 atom stereocenters. The van der Waals surface area contributed by atoms with E-state index in [4.69, 9.17) is 37.9 Å². The molecule has 0 aliphatic carbocycles. The molecule has 236 valence electrons. The van der Waals surface area contributed by atoms with E-state index in [1.165, 1.54) is 11.1 Å². The van der Waals surface area contributed by atoms with Gasteiger partial charge in [-0.1, -0.05) is 57.4 Å². The van der Waals surface area contributed by atoms with E-state index in [2.05, 4.69) is 56.9 Å². The van der Waals surface area contributed by atoms with Gasteiger partial charge >= 0.3 is 0 Å². The van der Waals surface area contributed by atoms with E-state index in [0.29, 0.717) is 46.2 Å². The molecule has 4 unspecified atom stereocenters. The quantitative estimate of drug-likeness (QED) is 0.104. The van der Waals surface area contributed by atoms with Crippen LogP contribution in [0, 0.1) is 11.8 Å². The number of epoxide rings is 2. The third-order valence-corrected chi connectivity index (χ3v) is 7.46. The van der Waals surface area contributed by atoms with Gasteiger partial charge < -0.3 is 37.9 Å². The number of hydrogen-bond donors (Lipinski definition) is 0. The predicted molar refractivity (Wildman–Crippen MR) is 165 cm³/mol. The summed E-state index contributed by atoms with van der Waals surface area (Å²) in [4.78, 5) is 0. The van der Waals surface area contributed by atoms with E-state index in [-0.39, 0.29) is 29.8 Å². The summed E-state index contributed by atoms with van der Waals surface area (Å²) in [5.41, 5.74) is 2.18. The van der Waals surface area contributed by atoms with Crippen LogP contribution >= 0.6 is 0 Å². The fraction of sp³-hybridized carbons (Fsp3) is 0.600. The molecule has 2 aliphatic heterocycles. The van der Waals surface area contributed by atoms with E-state index >= 15 is 0 Å². The Labute approximate surface area is 257 Å². The molecule has 8 heteroatoms. The van der Waals surface area contributed by atoms with Crippen LogP contribution in [0.1, 0.15) is 51.7 Å². The Morgan fingerprint density at radius 2 is 1.26 bits per heavy atom. The molecule has 2 fully saturated rings. The second-order valence-electron chi connectivity index (χ2n) is 11.5. The van der Waals surface area contributed by atoms with Gasteiger partial charge in [0, 0.05) is 12.0 Å². The first-order valence-electron chi connectivity index (χ1n) is 15.5. The molecule has 2 saturated heterocycles. The van der Waals surface area contributed by atoms with E-state index in [9.17, 15) is 0 Å². The topological polar surface area (TPSA) is 80.4 Å². The van der Waals surface area contributed by atoms with E-state index in [1.54, 1.807) is 6.92 Å². The summed E-state index contributed by atoms with van der Waals surface area (Å²) in [6.07, 6.45) is 2.23. The Morgan fingerprint density at radius 3 is 1.70 bits per heavy atom. The van der Waals surface area contributed by atoms with Crippen molar-refractivity contribution in [3.05, 3.63) is 59.7 Å². The third-order valence-electron chi connectivity index (χ3n) is 7.46. The van der Waals surface area contributed by atoms with Gasteiger partial charge in [-0.05, 0) is 48.7 Å². The molecule has 0 saturated carbocycles. The minimum Gasteiger partial charge on any atom is -0.491 e. The lowest BCUT2D eigenvalue weighted by molar-refractivity contribution is -0.0417. The summed E-state index contributed by atoms with van der Waals surface area (Å²) in [5, 5.41) is 0. The fourth-order valence-corrected chi connectivity index (χ4v) is 4.36. The zero-order chi connectivity index (χ0) is 30.3. The lowest BCUT2D eigenvalue weighted by Gasteiger charge is -2.27. The summed E-state index contributed by atoms with van der Waals surface area (Å²) in [5.74, 6) is 7.34. The van der Waals surface area contributed by atoms with E-state index < -0.39 is 0 Å². The standard InChI is InChI=1S/C35H48O8/c1-5-7-17-36-19-31(40-23-33-25-42-33)21-38-29-13-9-27(10-14-29)35(3,4)28-11-15-30(16-12-28)39-22-32(20-37-18-8-6-2)41-24-34-26-43-34/h9-16,31-34H,5,7,17-26H2,1-4H3. The molecule has 4 rings (SSSR count). The summed E-state index contributed by atoms with van der Waals surface area (Å²) in [6, 6.07) is 16.5. The molecule has 8 nitrogen and oxygen atoms in total. The Kier molecular flexibility index (Phi) is 13.6.